The van der Waals surface area contributed by atoms with E-state index in [1.165, 1.54) is 0 Å². The zero-order valence-electron chi connectivity index (χ0n) is 14.0. The van der Waals surface area contributed by atoms with E-state index in [0.29, 0.717) is 11.5 Å². The number of carbonyl (C=O) groups is 1. The summed E-state index contributed by atoms with van der Waals surface area (Å²) in [5, 5.41) is 4.38. The van der Waals surface area contributed by atoms with Gasteiger partial charge >= 0.3 is 0 Å². The first-order chi connectivity index (χ1) is 11.7. The van der Waals surface area contributed by atoms with Gasteiger partial charge in [-0.05, 0) is 35.6 Å². The van der Waals surface area contributed by atoms with Crippen molar-refractivity contribution in [2.45, 2.75) is 20.3 Å². The van der Waals surface area contributed by atoms with E-state index in [-0.39, 0.29) is 0 Å². The number of rotatable bonds is 6. The highest BCUT2D eigenvalue weighted by Crippen LogP contribution is 2.28. The number of aldehydes is 1. The van der Waals surface area contributed by atoms with Gasteiger partial charge in [0.15, 0.2) is 6.29 Å². The summed E-state index contributed by atoms with van der Waals surface area (Å²) >= 11 is 0. The van der Waals surface area contributed by atoms with Crippen molar-refractivity contribution in [3.8, 4) is 11.1 Å². The van der Waals surface area contributed by atoms with Gasteiger partial charge in [0.2, 0.25) is 0 Å². The second-order valence-corrected chi connectivity index (χ2v) is 6.27. The van der Waals surface area contributed by atoms with Gasteiger partial charge in [0.05, 0.1) is 5.52 Å². The molecule has 0 aliphatic carbocycles. The Labute approximate surface area is 142 Å². The number of aromatic nitrogens is 2. The van der Waals surface area contributed by atoms with Crippen LogP contribution in [0, 0.1) is 5.92 Å². The van der Waals surface area contributed by atoms with E-state index in [4.69, 9.17) is 0 Å². The van der Waals surface area contributed by atoms with Crippen LogP contribution in [0.2, 0.25) is 0 Å². The predicted molar refractivity (Wildman–Crippen MR) is 98.3 cm³/mol. The van der Waals surface area contributed by atoms with Crippen molar-refractivity contribution in [3.63, 3.8) is 0 Å². The summed E-state index contributed by atoms with van der Waals surface area (Å²) in [6.45, 7) is 5.28. The molecule has 1 heterocycles. The Morgan fingerprint density at radius 3 is 2.75 bits per heavy atom. The van der Waals surface area contributed by atoms with Crippen molar-refractivity contribution < 1.29 is 4.79 Å². The third kappa shape index (κ3) is 3.43. The van der Waals surface area contributed by atoms with Crippen molar-refractivity contribution in [3.05, 3.63) is 54.4 Å². The van der Waals surface area contributed by atoms with Gasteiger partial charge in [-0.2, -0.15) is 0 Å². The summed E-state index contributed by atoms with van der Waals surface area (Å²) in [7, 11) is 0. The van der Waals surface area contributed by atoms with E-state index in [0.717, 1.165) is 47.1 Å². The Hall–Kier alpha value is -2.75. The normalized spacial score (nSPS) is 11.0. The van der Waals surface area contributed by atoms with Gasteiger partial charge in [-0.15, -0.1) is 0 Å². The Kier molecular flexibility index (Phi) is 4.85. The molecule has 4 heteroatoms. The quantitative estimate of drug-likeness (QED) is 0.676. The molecule has 3 rings (SSSR count). The number of nitrogens with one attached hydrogen (secondary N) is 1. The Morgan fingerprint density at radius 2 is 1.96 bits per heavy atom. The largest absolute Gasteiger partial charge is 0.369 e. The molecule has 0 aliphatic rings. The lowest BCUT2D eigenvalue weighted by Crippen LogP contribution is -2.06. The second-order valence-electron chi connectivity index (χ2n) is 6.27. The summed E-state index contributed by atoms with van der Waals surface area (Å²) in [4.78, 5) is 20.0. The number of anilines is 1. The molecule has 0 fully saturated rings. The van der Waals surface area contributed by atoms with E-state index in [2.05, 4.69) is 35.2 Å². The SMILES string of the molecule is CC(C)CCNc1ncnc2ccc(-c3ccccc3C=O)cc12. The molecule has 2 aromatic carbocycles. The molecule has 0 aliphatic heterocycles. The maximum absolute atomic E-state index is 11.3. The van der Waals surface area contributed by atoms with E-state index in [1.807, 2.05) is 36.4 Å². The highest BCUT2D eigenvalue weighted by Gasteiger charge is 2.08. The topological polar surface area (TPSA) is 54.9 Å². The maximum Gasteiger partial charge on any atom is 0.150 e. The lowest BCUT2D eigenvalue weighted by Gasteiger charge is -2.11. The zero-order valence-corrected chi connectivity index (χ0v) is 14.0. The molecule has 3 aromatic rings. The Bertz CT molecular complexity index is 858. The fourth-order valence-corrected chi connectivity index (χ4v) is 2.71. The number of nitrogens with zero attached hydrogens (tertiary/aromatic N) is 2. The fourth-order valence-electron chi connectivity index (χ4n) is 2.71. The number of fused-ring (bicyclic) bond motifs is 1. The molecule has 0 saturated heterocycles. The van der Waals surface area contributed by atoms with Crippen LogP contribution in [0.1, 0.15) is 30.6 Å². The van der Waals surface area contributed by atoms with Crippen LogP contribution in [0.5, 0.6) is 0 Å². The Balaban J connectivity index is 2.01. The third-order valence-electron chi connectivity index (χ3n) is 4.05. The minimum Gasteiger partial charge on any atom is -0.369 e. The minimum absolute atomic E-state index is 0.639. The van der Waals surface area contributed by atoms with Crippen LogP contribution < -0.4 is 5.32 Å². The molecular formula is C20H21N3O. The molecule has 122 valence electrons. The van der Waals surface area contributed by atoms with Crippen molar-refractivity contribution in [1.29, 1.82) is 0 Å². The molecule has 0 saturated carbocycles. The first kappa shape index (κ1) is 16.1. The van der Waals surface area contributed by atoms with Crippen molar-refractivity contribution >= 4 is 23.0 Å². The standard InChI is InChI=1S/C20H21N3O/c1-14(2)9-10-21-20-18-11-15(7-8-19(18)22-13-23-20)17-6-4-3-5-16(17)12-24/h3-8,11-14H,9-10H2,1-2H3,(H,21,22,23). The maximum atomic E-state index is 11.3. The molecule has 0 radical (unpaired) electrons. The molecule has 0 unspecified atom stereocenters. The molecule has 0 spiro atoms. The number of carbonyl (C=O) groups excluding carboxylic acids is 1. The predicted octanol–water partition coefficient (Wildman–Crippen LogP) is 4.57. The minimum atomic E-state index is 0.639. The smallest absolute Gasteiger partial charge is 0.150 e. The average molecular weight is 319 g/mol. The molecule has 4 nitrogen and oxygen atoms in total. The van der Waals surface area contributed by atoms with Crippen molar-refractivity contribution in [2.75, 3.05) is 11.9 Å². The highest BCUT2D eigenvalue weighted by molar-refractivity contribution is 5.95. The lowest BCUT2D eigenvalue weighted by molar-refractivity contribution is 0.112. The first-order valence-electron chi connectivity index (χ1n) is 8.22. The fraction of sp³-hybridized carbons (Fsp3) is 0.250. The summed E-state index contributed by atoms with van der Waals surface area (Å²) in [6.07, 6.45) is 3.56. The number of hydrogen-bond acceptors (Lipinski definition) is 4. The van der Waals surface area contributed by atoms with Gasteiger partial charge in [-0.1, -0.05) is 44.2 Å². The third-order valence-corrected chi connectivity index (χ3v) is 4.05. The number of benzene rings is 2. The molecular weight excluding hydrogens is 298 g/mol. The van der Waals surface area contributed by atoms with Gasteiger partial charge in [-0.3, -0.25) is 4.79 Å². The van der Waals surface area contributed by atoms with Crippen LogP contribution in [0.3, 0.4) is 0 Å². The van der Waals surface area contributed by atoms with Crippen LogP contribution in [0.25, 0.3) is 22.0 Å². The van der Waals surface area contributed by atoms with Gasteiger partial charge in [0.1, 0.15) is 12.1 Å². The van der Waals surface area contributed by atoms with E-state index in [9.17, 15) is 4.79 Å². The van der Waals surface area contributed by atoms with Crippen LogP contribution in [-0.4, -0.2) is 22.8 Å². The van der Waals surface area contributed by atoms with Gasteiger partial charge in [-0.25, -0.2) is 9.97 Å². The molecule has 1 N–H and O–H groups in total. The van der Waals surface area contributed by atoms with Crippen molar-refractivity contribution in [1.82, 2.24) is 9.97 Å². The molecule has 24 heavy (non-hydrogen) atoms. The summed E-state index contributed by atoms with van der Waals surface area (Å²) in [5.74, 6) is 1.48. The van der Waals surface area contributed by atoms with E-state index in [1.54, 1.807) is 6.33 Å². The van der Waals surface area contributed by atoms with E-state index >= 15 is 0 Å². The van der Waals surface area contributed by atoms with Crippen LogP contribution in [0.4, 0.5) is 5.82 Å². The molecule has 0 amide bonds. The lowest BCUT2D eigenvalue weighted by atomic mass is 9.99. The van der Waals surface area contributed by atoms with Crippen molar-refractivity contribution in [2.24, 2.45) is 5.92 Å². The molecule has 0 bridgehead atoms. The van der Waals surface area contributed by atoms with E-state index < -0.39 is 0 Å². The summed E-state index contributed by atoms with van der Waals surface area (Å²) < 4.78 is 0. The summed E-state index contributed by atoms with van der Waals surface area (Å²) in [5.41, 5.74) is 3.49. The number of hydrogen-bond donors (Lipinski definition) is 1. The highest BCUT2D eigenvalue weighted by atomic mass is 16.1. The van der Waals surface area contributed by atoms with Crippen LogP contribution in [-0.2, 0) is 0 Å². The van der Waals surface area contributed by atoms with Crippen LogP contribution >= 0.6 is 0 Å². The monoisotopic (exact) mass is 319 g/mol. The summed E-state index contributed by atoms with van der Waals surface area (Å²) in [6, 6.07) is 13.6. The molecule has 0 atom stereocenters. The second kappa shape index (κ2) is 7.21. The van der Waals surface area contributed by atoms with Gasteiger partial charge in [0.25, 0.3) is 0 Å². The first-order valence-corrected chi connectivity index (χ1v) is 8.22. The van der Waals surface area contributed by atoms with Crippen LogP contribution in [0.15, 0.2) is 48.8 Å². The molecule has 1 aromatic heterocycles. The van der Waals surface area contributed by atoms with Gasteiger partial charge < -0.3 is 5.32 Å². The van der Waals surface area contributed by atoms with Gasteiger partial charge in [0, 0.05) is 17.5 Å². The average Bonchev–Trinajstić information content (AvgIpc) is 2.61. The zero-order chi connectivity index (χ0) is 16.9. The Morgan fingerprint density at radius 1 is 1.12 bits per heavy atom.